The summed E-state index contributed by atoms with van der Waals surface area (Å²) < 4.78 is 13.0. The minimum Gasteiger partial charge on any atom is -0.322 e. The molecule has 0 bridgehead atoms. The average Bonchev–Trinajstić information content (AvgIpc) is 2.59. The van der Waals surface area contributed by atoms with Crippen LogP contribution in [0.2, 0.25) is 0 Å². The average molecular weight is 338 g/mol. The largest absolute Gasteiger partial charge is 0.322 e. The van der Waals surface area contributed by atoms with Crippen LogP contribution in [0.1, 0.15) is 15.9 Å². The molecule has 0 aliphatic rings. The van der Waals surface area contributed by atoms with Gasteiger partial charge in [0, 0.05) is 16.8 Å². The number of hydrogen-bond acceptors (Lipinski definition) is 3. The van der Waals surface area contributed by atoms with Gasteiger partial charge in [-0.3, -0.25) is 4.79 Å². The van der Waals surface area contributed by atoms with Gasteiger partial charge >= 0.3 is 0 Å². The van der Waals surface area contributed by atoms with E-state index in [0.29, 0.717) is 16.3 Å². The molecule has 2 aromatic carbocycles. The van der Waals surface area contributed by atoms with E-state index in [0.717, 1.165) is 4.90 Å². The van der Waals surface area contributed by atoms with Crippen LogP contribution in [0.4, 0.5) is 10.1 Å². The standard InChI is InChI=1S/C19H15FN2OS/c1-13-4-10-16(11-5-13)24-19-17(3-2-12-21-19)18(23)22-15-8-6-14(20)7-9-15/h2-12H,1H3,(H,22,23). The minimum atomic E-state index is -0.343. The maximum absolute atomic E-state index is 13.0. The van der Waals surface area contributed by atoms with Crippen LogP contribution >= 0.6 is 11.8 Å². The van der Waals surface area contributed by atoms with Crippen molar-refractivity contribution in [3.05, 3.63) is 83.8 Å². The van der Waals surface area contributed by atoms with Crippen LogP contribution in [0.5, 0.6) is 0 Å². The van der Waals surface area contributed by atoms with Crippen LogP contribution in [0.15, 0.2) is 76.8 Å². The minimum absolute atomic E-state index is 0.274. The van der Waals surface area contributed by atoms with Gasteiger partial charge in [-0.2, -0.15) is 0 Å². The SMILES string of the molecule is Cc1ccc(Sc2ncccc2C(=O)Nc2ccc(F)cc2)cc1. The molecule has 120 valence electrons. The summed E-state index contributed by atoms with van der Waals surface area (Å²) in [6.45, 7) is 2.02. The van der Waals surface area contributed by atoms with Crippen LogP contribution in [-0.2, 0) is 0 Å². The lowest BCUT2D eigenvalue weighted by molar-refractivity contribution is 0.102. The normalized spacial score (nSPS) is 10.4. The number of amides is 1. The van der Waals surface area contributed by atoms with Crippen LogP contribution in [0, 0.1) is 12.7 Å². The number of aryl methyl sites for hydroxylation is 1. The topological polar surface area (TPSA) is 42.0 Å². The molecule has 0 radical (unpaired) electrons. The van der Waals surface area contributed by atoms with Crippen molar-refractivity contribution < 1.29 is 9.18 Å². The molecule has 1 aromatic heterocycles. The van der Waals surface area contributed by atoms with E-state index in [9.17, 15) is 9.18 Å². The lowest BCUT2D eigenvalue weighted by Gasteiger charge is -2.09. The molecule has 24 heavy (non-hydrogen) atoms. The number of carbonyl (C=O) groups is 1. The summed E-state index contributed by atoms with van der Waals surface area (Å²) in [4.78, 5) is 17.8. The van der Waals surface area contributed by atoms with Gasteiger partial charge in [0.2, 0.25) is 0 Å². The van der Waals surface area contributed by atoms with Crippen molar-refractivity contribution in [3.8, 4) is 0 Å². The molecule has 3 nitrogen and oxygen atoms in total. The van der Waals surface area contributed by atoms with Crippen molar-refractivity contribution >= 4 is 23.4 Å². The Balaban J connectivity index is 1.81. The Hall–Kier alpha value is -2.66. The summed E-state index contributed by atoms with van der Waals surface area (Å²) in [6.07, 6.45) is 1.66. The molecule has 0 unspecified atom stereocenters. The highest BCUT2D eigenvalue weighted by Crippen LogP contribution is 2.29. The molecule has 1 amide bonds. The first-order chi connectivity index (χ1) is 11.6. The second kappa shape index (κ2) is 7.27. The summed E-state index contributed by atoms with van der Waals surface area (Å²) in [5.74, 6) is -0.616. The molecule has 3 aromatic rings. The van der Waals surface area contributed by atoms with E-state index in [2.05, 4.69) is 10.3 Å². The highest BCUT2D eigenvalue weighted by molar-refractivity contribution is 7.99. The number of aromatic nitrogens is 1. The number of anilines is 1. The lowest BCUT2D eigenvalue weighted by Crippen LogP contribution is -2.13. The third-order valence-electron chi connectivity index (χ3n) is 3.35. The smallest absolute Gasteiger partial charge is 0.258 e. The molecule has 0 spiro atoms. The van der Waals surface area contributed by atoms with Crippen molar-refractivity contribution in [2.75, 3.05) is 5.32 Å². The third kappa shape index (κ3) is 4.00. The quantitative estimate of drug-likeness (QED) is 0.733. The number of rotatable bonds is 4. The maximum atomic E-state index is 13.0. The van der Waals surface area contributed by atoms with E-state index in [4.69, 9.17) is 0 Å². The zero-order chi connectivity index (χ0) is 16.9. The summed E-state index contributed by atoms with van der Waals surface area (Å²) in [6, 6.07) is 17.1. The van der Waals surface area contributed by atoms with Crippen LogP contribution in [0.25, 0.3) is 0 Å². The second-order valence-corrected chi connectivity index (χ2v) is 6.29. The first-order valence-electron chi connectivity index (χ1n) is 7.38. The predicted molar refractivity (Wildman–Crippen MR) is 93.9 cm³/mol. The number of nitrogens with one attached hydrogen (secondary N) is 1. The molecular weight excluding hydrogens is 323 g/mol. The van der Waals surface area contributed by atoms with Gasteiger partial charge in [-0.15, -0.1) is 0 Å². The van der Waals surface area contributed by atoms with Gasteiger partial charge in [-0.1, -0.05) is 29.5 Å². The number of hydrogen-bond donors (Lipinski definition) is 1. The van der Waals surface area contributed by atoms with Gasteiger partial charge in [0.05, 0.1) is 5.56 Å². The van der Waals surface area contributed by atoms with Crippen LogP contribution in [0.3, 0.4) is 0 Å². The van der Waals surface area contributed by atoms with Crippen molar-refractivity contribution in [2.24, 2.45) is 0 Å². The number of halogens is 1. The zero-order valence-electron chi connectivity index (χ0n) is 13.0. The summed E-state index contributed by atoms with van der Waals surface area (Å²) >= 11 is 1.43. The fourth-order valence-corrected chi connectivity index (χ4v) is 2.97. The summed E-state index contributed by atoms with van der Waals surface area (Å²) in [5.41, 5.74) is 2.19. The van der Waals surface area contributed by atoms with E-state index in [1.807, 2.05) is 31.2 Å². The molecule has 5 heteroatoms. The van der Waals surface area contributed by atoms with E-state index < -0.39 is 0 Å². The molecule has 0 saturated carbocycles. The summed E-state index contributed by atoms with van der Waals surface area (Å²) in [7, 11) is 0. The number of benzene rings is 2. The van der Waals surface area contributed by atoms with Gasteiger partial charge in [-0.05, 0) is 55.5 Å². The molecule has 1 heterocycles. The van der Waals surface area contributed by atoms with Crippen molar-refractivity contribution in [3.63, 3.8) is 0 Å². The van der Waals surface area contributed by atoms with Gasteiger partial charge in [-0.25, -0.2) is 9.37 Å². The number of nitrogens with zero attached hydrogens (tertiary/aromatic N) is 1. The van der Waals surface area contributed by atoms with E-state index in [1.165, 1.54) is 41.6 Å². The van der Waals surface area contributed by atoms with E-state index in [-0.39, 0.29) is 11.7 Å². The Kier molecular flexibility index (Phi) is 4.91. The molecule has 0 aliphatic heterocycles. The molecule has 1 N–H and O–H groups in total. The van der Waals surface area contributed by atoms with E-state index in [1.54, 1.807) is 18.3 Å². The van der Waals surface area contributed by atoms with E-state index >= 15 is 0 Å². The van der Waals surface area contributed by atoms with Crippen molar-refractivity contribution in [2.45, 2.75) is 16.8 Å². The zero-order valence-corrected chi connectivity index (χ0v) is 13.8. The fraction of sp³-hybridized carbons (Fsp3) is 0.0526. The van der Waals surface area contributed by atoms with Crippen LogP contribution in [-0.4, -0.2) is 10.9 Å². The Labute approximate surface area is 143 Å². The third-order valence-corrected chi connectivity index (χ3v) is 4.38. The molecule has 0 fully saturated rings. The van der Waals surface area contributed by atoms with Crippen molar-refractivity contribution in [1.29, 1.82) is 0 Å². The number of pyridine rings is 1. The van der Waals surface area contributed by atoms with Crippen LogP contribution < -0.4 is 5.32 Å². The maximum Gasteiger partial charge on any atom is 0.258 e. The first-order valence-corrected chi connectivity index (χ1v) is 8.20. The van der Waals surface area contributed by atoms with Gasteiger partial charge < -0.3 is 5.32 Å². The Morgan fingerprint density at radius 3 is 2.46 bits per heavy atom. The highest BCUT2D eigenvalue weighted by Gasteiger charge is 2.13. The number of carbonyl (C=O) groups excluding carboxylic acids is 1. The lowest BCUT2D eigenvalue weighted by atomic mass is 10.2. The highest BCUT2D eigenvalue weighted by atomic mass is 32.2. The second-order valence-electron chi connectivity index (χ2n) is 5.23. The Morgan fingerprint density at radius 2 is 1.75 bits per heavy atom. The predicted octanol–water partition coefficient (Wildman–Crippen LogP) is 4.93. The monoisotopic (exact) mass is 338 g/mol. The molecule has 0 atom stereocenters. The van der Waals surface area contributed by atoms with Gasteiger partial charge in [0.25, 0.3) is 5.91 Å². The molecule has 3 rings (SSSR count). The van der Waals surface area contributed by atoms with Gasteiger partial charge in [0.15, 0.2) is 0 Å². The summed E-state index contributed by atoms with van der Waals surface area (Å²) in [5, 5.41) is 3.39. The molecular formula is C19H15FN2OS. The first kappa shape index (κ1) is 16.2. The Morgan fingerprint density at radius 1 is 1.04 bits per heavy atom. The fourth-order valence-electron chi connectivity index (χ4n) is 2.09. The van der Waals surface area contributed by atoms with Crippen molar-refractivity contribution in [1.82, 2.24) is 4.98 Å². The Bertz CT molecular complexity index is 848. The molecule has 0 saturated heterocycles. The molecule has 0 aliphatic carbocycles. The van der Waals surface area contributed by atoms with Gasteiger partial charge in [0.1, 0.15) is 10.8 Å².